The van der Waals surface area contributed by atoms with Gasteiger partial charge in [-0.1, -0.05) is 20.8 Å². The maximum atomic E-state index is 13.4. The highest BCUT2D eigenvalue weighted by Gasteiger charge is 2.18. The van der Waals surface area contributed by atoms with Crippen molar-refractivity contribution in [1.29, 1.82) is 0 Å². The van der Waals surface area contributed by atoms with E-state index in [2.05, 4.69) is 30.7 Å². The van der Waals surface area contributed by atoms with E-state index in [-0.39, 0.29) is 11.4 Å². The summed E-state index contributed by atoms with van der Waals surface area (Å²) in [6.07, 6.45) is 1.59. The Kier molecular flexibility index (Phi) is 6.23. The van der Waals surface area contributed by atoms with Crippen LogP contribution in [0.3, 0.4) is 0 Å². The van der Waals surface area contributed by atoms with E-state index in [1.807, 2.05) is 13.0 Å². The Bertz CT molecular complexity index is 674. The van der Waals surface area contributed by atoms with Crippen LogP contribution in [0.2, 0.25) is 0 Å². The van der Waals surface area contributed by atoms with Crippen molar-refractivity contribution in [2.45, 2.75) is 40.5 Å². The fraction of sp³-hybridized carbons (Fsp3) is 0.474. The zero-order chi connectivity index (χ0) is 17.7. The molecule has 0 saturated heterocycles. The number of pyridine rings is 2. The van der Waals surface area contributed by atoms with Crippen molar-refractivity contribution in [3.63, 3.8) is 0 Å². The maximum Gasteiger partial charge on any atom is 0.269 e. The predicted octanol–water partition coefficient (Wildman–Crippen LogP) is 5.45. The molecule has 2 aromatic rings. The largest absolute Gasteiger partial charge is 0.477 e. The molecule has 1 unspecified atom stereocenters. The van der Waals surface area contributed by atoms with Crippen LogP contribution >= 0.6 is 0 Å². The number of hydrogen-bond donors (Lipinski definition) is 0. The Hall–Kier alpha value is -2.04. The van der Waals surface area contributed by atoms with Crippen LogP contribution in [0.25, 0.3) is 11.1 Å². The summed E-state index contributed by atoms with van der Waals surface area (Å²) in [6.45, 7) is 8.56. The molecule has 0 aliphatic rings. The minimum Gasteiger partial charge on any atom is -0.477 e. The summed E-state index contributed by atoms with van der Waals surface area (Å²) in [6, 6.07) is 5.08. The van der Waals surface area contributed by atoms with E-state index in [0.717, 1.165) is 17.7 Å². The fourth-order valence-electron chi connectivity index (χ4n) is 2.72. The molecule has 0 aromatic carbocycles. The molecule has 2 heterocycles. The third kappa shape index (κ3) is 4.98. The highest BCUT2D eigenvalue weighted by atomic mass is 19.3. The van der Waals surface area contributed by atoms with Gasteiger partial charge in [-0.2, -0.15) is 0 Å². The topological polar surface area (TPSA) is 35.0 Å². The lowest BCUT2D eigenvalue weighted by Crippen LogP contribution is -2.12. The van der Waals surface area contributed by atoms with E-state index >= 15 is 0 Å². The summed E-state index contributed by atoms with van der Waals surface area (Å²) >= 11 is 0. The van der Waals surface area contributed by atoms with Gasteiger partial charge in [-0.3, -0.25) is 4.98 Å². The molecule has 130 valence electrons. The van der Waals surface area contributed by atoms with Gasteiger partial charge in [-0.25, -0.2) is 13.8 Å². The first-order valence-electron chi connectivity index (χ1n) is 8.20. The molecule has 0 radical (unpaired) electrons. The summed E-state index contributed by atoms with van der Waals surface area (Å²) in [5.41, 5.74) is 2.11. The molecular weight excluding hydrogens is 310 g/mol. The van der Waals surface area contributed by atoms with Crippen molar-refractivity contribution < 1.29 is 13.5 Å². The number of alkyl halides is 2. The lowest BCUT2D eigenvalue weighted by Gasteiger charge is -2.16. The number of hydrogen-bond acceptors (Lipinski definition) is 3. The third-order valence-electron chi connectivity index (χ3n) is 3.72. The second kappa shape index (κ2) is 8.18. The monoisotopic (exact) mass is 334 g/mol. The zero-order valence-corrected chi connectivity index (χ0v) is 14.6. The summed E-state index contributed by atoms with van der Waals surface area (Å²) in [4.78, 5) is 8.25. The molecule has 2 aromatic heterocycles. The summed E-state index contributed by atoms with van der Waals surface area (Å²) in [5.74, 6) is 0.860. The smallest absolute Gasteiger partial charge is 0.269 e. The van der Waals surface area contributed by atoms with Crippen LogP contribution in [-0.2, 0) is 0 Å². The molecule has 0 aliphatic carbocycles. The van der Waals surface area contributed by atoms with E-state index in [4.69, 9.17) is 4.74 Å². The second-order valence-electron chi connectivity index (χ2n) is 6.65. The fourth-order valence-corrected chi connectivity index (χ4v) is 2.72. The van der Waals surface area contributed by atoms with Crippen molar-refractivity contribution in [3.8, 4) is 17.0 Å². The molecule has 0 saturated carbocycles. The highest BCUT2D eigenvalue weighted by molar-refractivity contribution is 5.64. The van der Waals surface area contributed by atoms with E-state index < -0.39 is 6.43 Å². The molecular formula is C19H24F2N2O. The standard InChI is InChI=1S/C19H24F2N2O/c1-12(2)7-13(3)11-24-19-17(18(20)21)9-16(10-23-19)15-5-6-22-14(4)8-15/h5-6,8-10,12-13,18H,7,11H2,1-4H3. The lowest BCUT2D eigenvalue weighted by molar-refractivity contribution is 0.140. The zero-order valence-electron chi connectivity index (χ0n) is 14.6. The number of nitrogens with zero attached hydrogens (tertiary/aromatic N) is 2. The average Bonchev–Trinajstić information content (AvgIpc) is 2.52. The summed E-state index contributed by atoms with van der Waals surface area (Å²) < 4.78 is 32.4. The Labute approximate surface area is 142 Å². The van der Waals surface area contributed by atoms with Crippen LogP contribution in [0.1, 0.15) is 44.9 Å². The van der Waals surface area contributed by atoms with E-state index in [1.54, 1.807) is 18.5 Å². The van der Waals surface area contributed by atoms with Crippen molar-refractivity contribution in [1.82, 2.24) is 9.97 Å². The minimum atomic E-state index is -2.63. The van der Waals surface area contributed by atoms with Gasteiger partial charge in [-0.05, 0) is 48.9 Å². The van der Waals surface area contributed by atoms with Crippen molar-refractivity contribution in [2.75, 3.05) is 6.61 Å². The van der Waals surface area contributed by atoms with Crippen molar-refractivity contribution in [3.05, 3.63) is 41.9 Å². The van der Waals surface area contributed by atoms with Gasteiger partial charge in [0.1, 0.15) is 0 Å². The Morgan fingerprint density at radius 2 is 1.83 bits per heavy atom. The first kappa shape index (κ1) is 18.3. The van der Waals surface area contributed by atoms with Gasteiger partial charge < -0.3 is 4.74 Å². The molecule has 0 spiro atoms. The predicted molar refractivity (Wildman–Crippen MR) is 91.3 cm³/mol. The molecule has 0 amide bonds. The van der Waals surface area contributed by atoms with Gasteiger partial charge in [0.05, 0.1) is 12.2 Å². The maximum absolute atomic E-state index is 13.4. The second-order valence-corrected chi connectivity index (χ2v) is 6.65. The van der Waals surface area contributed by atoms with Gasteiger partial charge in [0.25, 0.3) is 6.43 Å². The van der Waals surface area contributed by atoms with Crippen molar-refractivity contribution >= 4 is 0 Å². The summed E-state index contributed by atoms with van der Waals surface area (Å²) in [5, 5.41) is 0. The van der Waals surface area contributed by atoms with Crippen molar-refractivity contribution in [2.24, 2.45) is 11.8 Å². The Morgan fingerprint density at radius 1 is 1.08 bits per heavy atom. The van der Waals surface area contributed by atoms with Crippen LogP contribution in [-0.4, -0.2) is 16.6 Å². The first-order valence-corrected chi connectivity index (χ1v) is 8.20. The molecule has 0 bridgehead atoms. The highest BCUT2D eigenvalue weighted by Crippen LogP contribution is 2.32. The molecule has 5 heteroatoms. The molecule has 1 atom stereocenters. The van der Waals surface area contributed by atoms with Gasteiger partial charge in [-0.15, -0.1) is 0 Å². The number of halogens is 2. The summed E-state index contributed by atoms with van der Waals surface area (Å²) in [7, 11) is 0. The average molecular weight is 334 g/mol. The number of ether oxygens (including phenoxy) is 1. The van der Waals surface area contributed by atoms with Gasteiger partial charge in [0.2, 0.25) is 5.88 Å². The Morgan fingerprint density at radius 3 is 2.46 bits per heavy atom. The first-order chi connectivity index (χ1) is 11.4. The van der Waals surface area contributed by atoms with Crippen LogP contribution in [0.4, 0.5) is 8.78 Å². The van der Waals surface area contributed by atoms with Crippen LogP contribution in [0.5, 0.6) is 5.88 Å². The van der Waals surface area contributed by atoms with E-state index in [0.29, 0.717) is 24.0 Å². The quantitative estimate of drug-likeness (QED) is 0.675. The number of rotatable bonds is 7. The molecule has 3 nitrogen and oxygen atoms in total. The third-order valence-corrected chi connectivity index (χ3v) is 3.72. The molecule has 0 fully saturated rings. The molecule has 0 N–H and O–H groups in total. The normalized spacial score (nSPS) is 12.7. The minimum absolute atomic E-state index is 0.0233. The van der Waals surface area contributed by atoms with Gasteiger partial charge in [0, 0.05) is 23.7 Å². The van der Waals surface area contributed by atoms with E-state index in [9.17, 15) is 8.78 Å². The lowest BCUT2D eigenvalue weighted by atomic mass is 10.00. The number of aryl methyl sites for hydroxylation is 1. The van der Waals surface area contributed by atoms with Gasteiger partial charge in [0.15, 0.2) is 0 Å². The van der Waals surface area contributed by atoms with Crippen LogP contribution < -0.4 is 4.74 Å². The molecule has 0 aliphatic heterocycles. The van der Waals surface area contributed by atoms with Crippen LogP contribution in [0, 0.1) is 18.8 Å². The molecule has 24 heavy (non-hydrogen) atoms. The Balaban J connectivity index is 2.21. The SMILES string of the molecule is Cc1cc(-c2cnc(OCC(C)CC(C)C)c(C(F)F)c2)ccn1. The van der Waals surface area contributed by atoms with E-state index in [1.165, 1.54) is 6.07 Å². The van der Waals surface area contributed by atoms with Gasteiger partial charge >= 0.3 is 0 Å². The number of aromatic nitrogens is 2. The molecule has 2 rings (SSSR count). The van der Waals surface area contributed by atoms with Crippen LogP contribution in [0.15, 0.2) is 30.6 Å².